The second-order valence-electron chi connectivity index (χ2n) is 12.5. The van der Waals surface area contributed by atoms with E-state index in [2.05, 4.69) is 15.9 Å². The number of amides is 2. The molecule has 2 aromatic carbocycles. The predicted octanol–water partition coefficient (Wildman–Crippen LogP) is 5.25. The number of hydrogen-bond acceptors (Lipinski definition) is 6. The molecule has 1 fully saturated rings. The van der Waals surface area contributed by atoms with Crippen LogP contribution in [-0.2, 0) is 42.4 Å². The van der Waals surface area contributed by atoms with Crippen LogP contribution in [0.2, 0.25) is 18.6 Å². The maximum Gasteiger partial charge on any atom is 0.305 e. The van der Waals surface area contributed by atoms with Crippen LogP contribution in [0.5, 0.6) is 0 Å². The summed E-state index contributed by atoms with van der Waals surface area (Å²) < 4.78 is 28.5. The van der Waals surface area contributed by atoms with Gasteiger partial charge < -0.3 is 28.5 Å². The predicted molar refractivity (Wildman–Crippen MR) is 167 cm³/mol. The van der Waals surface area contributed by atoms with Gasteiger partial charge in [-0.3, -0.25) is 14.4 Å². The van der Waals surface area contributed by atoms with Crippen LogP contribution >= 0.6 is 15.9 Å². The van der Waals surface area contributed by atoms with Gasteiger partial charge in [-0.15, -0.1) is 0 Å². The molecular weight excluding hydrogens is 635 g/mol. The molecule has 232 valence electrons. The molecule has 0 saturated carbocycles. The fourth-order valence-corrected chi connectivity index (χ4v) is 10.3. The molecule has 1 spiro atoms. The number of benzene rings is 2. The molecule has 0 radical (unpaired) electrons. The summed E-state index contributed by atoms with van der Waals surface area (Å²) in [6, 6.07) is 13.1. The van der Waals surface area contributed by atoms with Gasteiger partial charge in [0.05, 0.1) is 38.0 Å². The number of methoxy groups -OCH3 is 1. The first-order chi connectivity index (χ1) is 20.4. The number of esters is 1. The smallest absolute Gasteiger partial charge is 0.305 e. The summed E-state index contributed by atoms with van der Waals surface area (Å²) >= 11 is 3.55. The topological polar surface area (TPSA) is 96.4 Å². The molecular formula is C32H40BrFN2O6Si. The van der Waals surface area contributed by atoms with E-state index in [9.17, 15) is 19.5 Å². The van der Waals surface area contributed by atoms with Gasteiger partial charge in [-0.1, -0.05) is 47.1 Å². The highest BCUT2D eigenvalue weighted by Crippen LogP contribution is 2.60. The first-order valence-corrected chi connectivity index (χ1v) is 18.7. The summed E-state index contributed by atoms with van der Waals surface area (Å²) in [7, 11) is -2.11. The number of unbranched alkanes of at least 4 members (excludes halogenated alkanes) is 1. The molecule has 3 aliphatic heterocycles. The number of carbonyl (C=O) groups is 3. The molecule has 2 aromatic rings. The van der Waals surface area contributed by atoms with Gasteiger partial charge >= 0.3 is 5.97 Å². The van der Waals surface area contributed by atoms with Gasteiger partial charge in [0.2, 0.25) is 14.3 Å². The van der Waals surface area contributed by atoms with Gasteiger partial charge in [-0.25, -0.2) is 0 Å². The van der Waals surface area contributed by atoms with E-state index >= 15 is 4.11 Å². The Labute approximate surface area is 261 Å². The Morgan fingerprint density at radius 1 is 1.19 bits per heavy atom. The normalized spacial score (nSPS) is 26.5. The van der Waals surface area contributed by atoms with Gasteiger partial charge in [0, 0.05) is 41.0 Å². The summed E-state index contributed by atoms with van der Waals surface area (Å²) in [5, 5.41) is 10.2. The van der Waals surface area contributed by atoms with Crippen molar-refractivity contribution in [3.05, 3.63) is 63.6 Å². The van der Waals surface area contributed by atoms with Crippen LogP contribution in [0.15, 0.2) is 46.9 Å². The van der Waals surface area contributed by atoms with Crippen LogP contribution in [-0.4, -0.2) is 68.6 Å². The molecule has 0 bridgehead atoms. The number of anilines is 1. The van der Waals surface area contributed by atoms with Crippen molar-refractivity contribution in [1.82, 2.24) is 4.90 Å². The molecule has 0 unspecified atom stereocenters. The van der Waals surface area contributed by atoms with Crippen molar-refractivity contribution >= 4 is 47.8 Å². The van der Waals surface area contributed by atoms with Crippen LogP contribution < -0.4 is 4.90 Å². The number of rotatable bonds is 9. The highest BCUT2D eigenvalue weighted by molar-refractivity contribution is 9.10. The number of aliphatic hydroxyl groups is 1. The zero-order valence-corrected chi connectivity index (χ0v) is 27.7. The number of carbonyl (C=O) groups excluding carboxylic acids is 3. The second-order valence-corrected chi connectivity index (χ2v) is 17.2. The molecule has 1 N–H and O–H groups in total. The highest BCUT2D eigenvalue weighted by atomic mass is 79.9. The van der Waals surface area contributed by atoms with Crippen LogP contribution in [0.1, 0.15) is 49.3 Å². The van der Waals surface area contributed by atoms with Crippen molar-refractivity contribution in [2.75, 3.05) is 25.2 Å². The molecule has 1 saturated heterocycles. The van der Waals surface area contributed by atoms with Gasteiger partial charge in [0.1, 0.15) is 0 Å². The lowest BCUT2D eigenvalue weighted by atomic mass is 9.82. The summed E-state index contributed by atoms with van der Waals surface area (Å²) in [4.78, 5) is 43.3. The summed E-state index contributed by atoms with van der Waals surface area (Å²) in [6.07, 6.45) is 1.05. The van der Waals surface area contributed by atoms with E-state index in [0.717, 1.165) is 15.6 Å². The minimum Gasteiger partial charge on any atom is -0.469 e. The molecule has 0 aromatic heterocycles. The van der Waals surface area contributed by atoms with Crippen LogP contribution in [0.25, 0.3) is 0 Å². The van der Waals surface area contributed by atoms with E-state index < -0.39 is 31.6 Å². The molecule has 0 aliphatic carbocycles. The van der Waals surface area contributed by atoms with E-state index in [0.29, 0.717) is 43.6 Å². The molecule has 5 atom stereocenters. The minimum atomic E-state index is -3.46. The monoisotopic (exact) mass is 674 g/mol. The maximum absolute atomic E-state index is 16.2. The summed E-state index contributed by atoms with van der Waals surface area (Å²) in [5.41, 5.74) is 1.47. The number of ether oxygens (including phenoxy) is 2. The van der Waals surface area contributed by atoms with Gasteiger partial charge in [0.15, 0.2) is 5.60 Å². The maximum atomic E-state index is 16.2. The zero-order valence-electron chi connectivity index (χ0n) is 25.1. The van der Waals surface area contributed by atoms with Crippen molar-refractivity contribution in [2.45, 2.75) is 82.0 Å². The van der Waals surface area contributed by atoms with Crippen LogP contribution in [0, 0.1) is 5.92 Å². The van der Waals surface area contributed by atoms with Crippen LogP contribution in [0.3, 0.4) is 0 Å². The number of aliphatic hydroxyl groups excluding tert-OH is 1. The van der Waals surface area contributed by atoms with E-state index in [4.69, 9.17) is 9.47 Å². The number of fused-ring (bicyclic) bond motifs is 3. The molecule has 43 heavy (non-hydrogen) atoms. The molecule has 3 heterocycles. The Balaban J connectivity index is 1.45. The Kier molecular flexibility index (Phi) is 9.19. The first-order valence-electron chi connectivity index (χ1n) is 14.9. The lowest BCUT2D eigenvalue weighted by molar-refractivity contribution is -0.151. The number of nitrogens with zero attached hydrogens (tertiary/aromatic N) is 2. The molecule has 11 heteroatoms. The molecule has 8 nitrogen and oxygen atoms in total. The molecule has 5 rings (SSSR count). The van der Waals surface area contributed by atoms with Gasteiger partial charge in [-0.05, 0) is 61.7 Å². The Morgan fingerprint density at radius 2 is 1.91 bits per heavy atom. The number of hydrogen-bond donors (Lipinski definition) is 1. The largest absolute Gasteiger partial charge is 0.469 e. The van der Waals surface area contributed by atoms with Crippen molar-refractivity contribution in [2.24, 2.45) is 5.92 Å². The van der Waals surface area contributed by atoms with Crippen molar-refractivity contribution in [1.29, 1.82) is 0 Å². The van der Waals surface area contributed by atoms with E-state index in [1.807, 2.05) is 49.4 Å². The number of halogens is 2. The summed E-state index contributed by atoms with van der Waals surface area (Å²) in [6.45, 7) is 5.67. The first kappa shape index (κ1) is 31.8. The average molecular weight is 676 g/mol. The molecule has 3 aliphatic rings. The third-order valence-corrected chi connectivity index (χ3v) is 12.4. The standard InChI is InChI=1S/C32H40BrFN2O6Si/c1-20-30(43(3,4)34)27(17-28(38)36-18-22-10-6-5-9-21(22)15-24(36)19-37)42-32(20)25-16-23(33)12-13-26(25)35(31(32)40)14-8-7-11-29(39)41-2/h5-6,9-10,12-13,16,20,24,27,30,37H,7-8,11,14-15,17-19H2,1-4H3/t20-,24-,27+,30-,32+/m0/s1. The highest BCUT2D eigenvalue weighted by Gasteiger charge is 2.67. The summed E-state index contributed by atoms with van der Waals surface area (Å²) in [5.74, 6) is -1.30. The van der Waals surface area contributed by atoms with Crippen molar-refractivity contribution < 1.29 is 33.1 Å². The lowest BCUT2D eigenvalue weighted by Gasteiger charge is -2.37. The van der Waals surface area contributed by atoms with Crippen LogP contribution in [0.4, 0.5) is 9.80 Å². The van der Waals surface area contributed by atoms with Gasteiger partial charge in [-0.2, -0.15) is 0 Å². The third kappa shape index (κ3) is 5.81. The third-order valence-electron chi connectivity index (χ3n) is 9.43. The Morgan fingerprint density at radius 3 is 2.58 bits per heavy atom. The zero-order chi connectivity index (χ0) is 31.1. The Hall–Kier alpha value is -2.60. The lowest BCUT2D eigenvalue weighted by Crippen LogP contribution is -2.48. The quantitative estimate of drug-likeness (QED) is 0.169. The van der Waals surface area contributed by atoms with Crippen molar-refractivity contribution in [3.63, 3.8) is 0 Å². The Bertz CT molecular complexity index is 1400. The van der Waals surface area contributed by atoms with Gasteiger partial charge in [0.25, 0.3) is 5.91 Å². The SMILES string of the molecule is COC(=O)CCCCN1C(=O)[C@]2(O[C@H](CC(=O)N3Cc4ccccc4C[C@H]3CO)[C@@H]([Si](C)(C)F)[C@@H]2C)c2cc(Br)ccc21. The van der Waals surface area contributed by atoms with E-state index in [1.165, 1.54) is 7.11 Å². The fourth-order valence-electron chi connectivity index (χ4n) is 7.41. The molecule has 2 amide bonds. The van der Waals surface area contributed by atoms with E-state index in [-0.39, 0.29) is 43.3 Å². The minimum absolute atomic E-state index is 0.0779. The second kappa shape index (κ2) is 12.4. The fraction of sp³-hybridized carbons (Fsp3) is 0.531. The van der Waals surface area contributed by atoms with E-state index in [1.54, 1.807) is 22.9 Å². The average Bonchev–Trinajstić information content (AvgIpc) is 3.40. The van der Waals surface area contributed by atoms with Crippen molar-refractivity contribution in [3.8, 4) is 0 Å².